The van der Waals surface area contributed by atoms with Crippen LogP contribution >= 0.6 is 11.6 Å². The van der Waals surface area contributed by atoms with Gasteiger partial charge in [-0.15, -0.1) is 8.78 Å². The maximum absolute atomic E-state index is 16.7. The maximum atomic E-state index is 16.7. The lowest BCUT2D eigenvalue weighted by Crippen LogP contribution is -2.45. The third-order valence-corrected chi connectivity index (χ3v) is 9.43. The van der Waals surface area contributed by atoms with Crippen molar-refractivity contribution in [1.29, 1.82) is 0 Å². The summed E-state index contributed by atoms with van der Waals surface area (Å²) in [5, 5.41) is 15.8. The van der Waals surface area contributed by atoms with Crippen molar-refractivity contribution in [2.45, 2.75) is 44.0 Å². The van der Waals surface area contributed by atoms with Gasteiger partial charge >= 0.3 is 6.29 Å². The van der Waals surface area contributed by atoms with E-state index in [1.807, 2.05) is 0 Å². The SMILES string of the molecule is COc1cc(C(=O)NC[C@](O)(c2nc(-c3ccc4c(c3)OC(F)(F)O4)c3c(c2F)[C@](C)(C(N)=O)CO3)C2CC2)cc2cc(Cl)c(C)nc12. The highest BCUT2D eigenvalue weighted by atomic mass is 35.5. The number of fused-ring (bicyclic) bond motifs is 3. The van der Waals surface area contributed by atoms with Crippen LogP contribution in [-0.2, 0) is 15.8 Å². The number of nitrogens with one attached hydrogen (secondary N) is 1. The number of pyridine rings is 2. The van der Waals surface area contributed by atoms with E-state index in [4.69, 9.17) is 26.8 Å². The molecule has 2 aliphatic heterocycles. The van der Waals surface area contributed by atoms with Crippen LogP contribution in [0.1, 0.15) is 47.1 Å². The van der Waals surface area contributed by atoms with Crippen LogP contribution < -0.4 is 30.0 Å². The summed E-state index contributed by atoms with van der Waals surface area (Å²) in [6, 6.07) is 8.51. The minimum atomic E-state index is -3.90. The molecule has 4 heterocycles. The predicted molar refractivity (Wildman–Crippen MR) is 165 cm³/mol. The number of carbonyl (C=O) groups is 2. The minimum Gasteiger partial charge on any atom is -0.494 e. The molecule has 250 valence electrons. The zero-order chi connectivity index (χ0) is 34.3. The third-order valence-electron chi connectivity index (χ3n) is 9.04. The van der Waals surface area contributed by atoms with E-state index in [1.54, 1.807) is 19.1 Å². The van der Waals surface area contributed by atoms with Gasteiger partial charge in [-0.2, -0.15) is 0 Å². The predicted octanol–water partition coefficient (Wildman–Crippen LogP) is 4.89. The zero-order valence-corrected chi connectivity index (χ0v) is 26.5. The number of nitrogens with two attached hydrogens (primary N) is 1. The number of rotatable bonds is 8. The fraction of sp³-hybridized carbons (Fsp3) is 0.333. The molecule has 7 rings (SSSR count). The zero-order valence-electron chi connectivity index (χ0n) is 25.8. The lowest BCUT2D eigenvalue weighted by molar-refractivity contribution is -0.286. The van der Waals surface area contributed by atoms with Gasteiger partial charge in [0, 0.05) is 16.5 Å². The average molecular weight is 685 g/mol. The fourth-order valence-electron chi connectivity index (χ4n) is 6.15. The number of aryl methyl sites for hydroxylation is 1. The van der Waals surface area contributed by atoms with E-state index in [-0.39, 0.29) is 46.2 Å². The Morgan fingerprint density at radius 2 is 1.90 bits per heavy atom. The summed E-state index contributed by atoms with van der Waals surface area (Å²) < 4.78 is 64.7. The number of aromatic nitrogens is 2. The van der Waals surface area contributed by atoms with Crippen LogP contribution in [0.25, 0.3) is 22.2 Å². The Balaban J connectivity index is 1.31. The Labute approximate surface area is 276 Å². The van der Waals surface area contributed by atoms with Gasteiger partial charge < -0.3 is 35.1 Å². The molecule has 1 fully saturated rings. The highest BCUT2D eigenvalue weighted by molar-refractivity contribution is 6.31. The van der Waals surface area contributed by atoms with Crippen LogP contribution in [0.3, 0.4) is 0 Å². The molecule has 0 unspecified atom stereocenters. The van der Waals surface area contributed by atoms with E-state index in [0.717, 1.165) is 0 Å². The molecule has 2 aromatic heterocycles. The number of halogens is 4. The second-order valence-corrected chi connectivity index (χ2v) is 12.7. The monoisotopic (exact) mass is 684 g/mol. The number of hydrogen-bond donors (Lipinski definition) is 3. The summed E-state index contributed by atoms with van der Waals surface area (Å²) in [5.74, 6) is -3.44. The standard InChI is InChI=1S/C33H28ClF3N4O7/c1-14-19(34)9-16-8-17(11-22(45-3)25(16)40-14)29(42)39-12-32(44,18-5-6-18)28-24(35)23-27(46-13-31(23,2)30(38)43)26(41-28)15-4-7-20-21(10-15)48-33(36,37)47-20/h4,7-11,18,44H,5-6,12-13H2,1-3H3,(H2,38,43)(H,39,42)/t31-,32-/m1/s1. The van der Waals surface area contributed by atoms with Crippen molar-refractivity contribution in [3.63, 3.8) is 0 Å². The van der Waals surface area contributed by atoms with Crippen LogP contribution in [0.15, 0.2) is 36.4 Å². The van der Waals surface area contributed by atoms with Gasteiger partial charge in [-0.1, -0.05) is 11.6 Å². The van der Waals surface area contributed by atoms with Crippen molar-refractivity contribution in [2.75, 3.05) is 20.3 Å². The number of benzene rings is 2. The Kier molecular flexibility index (Phi) is 7.18. The first kappa shape index (κ1) is 31.8. The number of hydrogen-bond acceptors (Lipinski definition) is 9. The van der Waals surface area contributed by atoms with Gasteiger partial charge in [-0.25, -0.2) is 14.4 Å². The Bertz CT molecular complexity index is 2060. The van der Waals surface area contributed by atoms with Crippen molar-refractivity contribution in [2.24, 2.45) is 11.7 Å². The first-order valence-corrected chi connectivity index (χ1v) is 15.3. The molecule has 2 aromatic carbocycles. The Hall–Kier alpha value is -4.82. The van der Waals surface area contributed by atoms with Crippen molar-refractivity contribution < 1.29 is 46.8 Å². The summed E-state index contributed by atoms with van der Waals surface area (Å²) in [6.45, 7) is 2.32. The van der Waals surface area contributed by atoms with E-state index in [9.17, 15) is 23.5 Å². The van der Waals surface area contributed by atoms with Crippen LogP contribution in [0.4, 0.5) is 13.2 Å². The molecule has 48 heavy (non-hydrogen) atoms. The summed E-state index contributed by atoms with van der Waals surface area (Å²) in [6.07, 6.45) is -2.93. The van der Waals surface area contributed by atoms with E-state index in [1.165, 1.54) is 38.3 Å². The number of alkyl halides is 2. The lowest BCUT2D eigenvalue weighted by Gasteiger charge is -2.30. The van der Waals surface area contributed by atoms with Gasteiger partial charge in [0.25, 0.3) is 5.91 Å². The summed E-state index contributed by atoms with van der Waals surface area (Å²) >= 11 is 6.27. The van der Waals surface area contributed by atoms with Gasteiger partial charge in [-0.05, 0) is 69.0 Å². The number of ether oxygens (including phenoxy) is 4. The molecule has 4 N–H and O–H groups in total. The second kappa shape index (κ2) is 10.9. The molecule has 0 spiro atoms. The first-order valence-electron chi connectivity index (χ1n) is 14.9. The highest BCUT2D eigenvalue weighted by Crippen LogP contribution is 2.52. The molecular formula is C33H28ClF3N4O7. The van der Waals surface area contributed by atoms with E-state index >= 15 is 4.39 Å². The summed E-state index contributed by atoms with van der Waals surface area (Å²) in [4.78, 5) is 35.1. The average Bonchev–Trinajstić information content (AvgIpc) is 3.77. The molecule has 2 atom stereocenters. The molecule has 15 heteroatoms. The largest absolute Gasteiger partial charge is 0.586 e. The lowest BCUT2D eigenvalue weighted by atomic mass is 9.80. The number of amides is 2. The van der Waals surface area contributed by atoms with Gasteiger partial charge in [-0.3, -0.25) is 9.59 Å². The molecule has 1 aliphatic carbocycles. The van der Waals surface area contributed by atoms with Crippen LogP contribution in [0, 0.1) is 18.7 Å². The molecule has 3 aliphatic rings. The van der Waals surface area contributed by atoms with Gasteiger partial charge in [0.15, 0.2) is 23.1 Å². The first-order chi connectivity index (χ1) is 22.6. The van der Waals surface area contributed by atoms with Crippen LogP contribution in [0.5, 0.6) is 23.0 Å². The number of primary amides is 1. The number of aliphatic hydroxyl groups is 1. The van der Waals surface area contributed by atoms with Gasteiger partial charge in [0.05, 0.1) is 29.9 Å². The molecule has 0 saturated heterocycles. The minimum absolute atomic E-state index is 0.0580. The Morgan fingerprint density at radius 1 is 1.17 bits per heavy atom. The van der Waals surface area contributed by atoms with Crippen molar-refractivity contribution in [1.82, 2.24) is 15.3 Å². The molecular weight excluding hydrogens is 657 g/mol. The quantitative estimate of drug-likeness (QED) is 0.235. The molecule has 0 bridgehead atoms. The topological polar surface area (TPSA) is 155 Å². The molecule has 1 saturated carbocycles. The highest BCUT2D eigenvalue weighted by Gasteiger charge is 2.53. The molecule has 11 nitrogen and oxygen atoms in total. The normalized spacial score (nSPS) is 20.2. The summed E-state index contributed by atoms with van der Waals surface area (Å²) in [5.41, 5.74) is 2.58. The maximum Gasteiger partial charge on any atom is 0.586 e. The fourth-order valence-corrected chi connectivity index (χ4v) is 6.31. The molecule has 0 radical (unpaired) electrons. The summed E-state index contributed by atoms with van der Waals surface area (Å²) in [7, 11) is 1.43. The second-order valence-electron chi connectivity index (χ2n) is 12.3. The number of nitrogens with zero attached hydrogens (tertiary/aromatic N) is 2. The van der Waals surface area contributed by atoms with Crippen LogP contribution in [0.2, 0.25) is 5.02 Å². The van der Waals surface area contributed by atoms with E-state index < -0.39 is 53.1 Å². The molecule has 2 amide bonds. The van der Waals surface area contributed by atoms with E-state index in [2.05, 4.69) is 24.8 Å². The van der Waals surface area contributed by atoms with E-state index in [0.29, 0.717) is 40.2 Å². The van der Waals surface area contributed by atoms with Crippen molar-refractivity contribution >= 4 is 34.3 Å². The number of methoxy groups -OCH3 is 1. The smallest absolute Gasteiger partial charge is 0.494 e. The van der Waals surface area contributed by atoms with Crippen molar-refractivity contribution in [3.05, 3.63) is 69.8 Å². The third kappa shape index (κ3) is 5.01. The number of carbonyl (C=O) groups excluding carboxylic acids is 2. The van der Waals surface area contributed by atoms with Crippen molar-refractivity contribution in [3.8, 4) is 34.3 Å². The van der Waals surface area contributed by atoms with Crippen LogP contribution in [-0.4, -0.2) is 53.4 Å². The molecule has 4 aromatic rings. The Morgan fingerprint density at radius 3 is 2.58 bits per heavy atom. The van der Waals surface area contributed by atoms with Gasteiger partial charge in [0.1, 0.15) is 40.3 Å². The van der Waals surface area contributed by atoms with Gasteiger partial charge in [0.2, 0.25) is 5.91 Å².